The summed E-state index contributed by atoms with van der Waals surface area (Å²) in [6, 6.07) is 24.2. The third-order valence-electron chi connectivity index (χ3n) is 6.84. The predicted octanol–water partition coefficient (Wildman–Crippen LogP) is 7.27. The van der Waals surface area contributed by atoms with Gasteiger partial charge in [0, 0.05) is 36.4 Å². The van der Waals surface area contributed by atoms with Crippen LogP contribution in [0.25, 0.3) is 5.69 Å². The molecule has 0 radical (unpaired) electrons. The SMILES string of the molecule is Cc1cc(C2C(c3ccccn3)NC(=S)N2CCCNc2ccccc2)c(C)n1-c1cccc(Cl)c1Cl. The first-order valence-electron chi connectivity index (χ1n) is 12.4. The van der Waals surface area contributed by atoms with Crippen molar-refractivity contribution in [2.24, 2.45) is 0 Å². The highest BCUT2D eigenvalue weighted by molar-refractivity contribution is 7.80. The summed E-state index contributed by atoms with van der Waals surface area (Å²) < 4.78 is 2.18. The minimum Gasteiger partial charge on any atom is -0.385 e. The van der Waals surface area contributed by atoms with Crippen LogP contribution in [0.2, 0.25) is 10.0 Å². The third-order valence-corrected chi connectivity index (χ3v) is 8.00. The maximum absolute atomic E-state index is 6.64. The number of anilines is 1. The van der Waals surface area contributed by atoms with Crippen LogP contribution in [-0.4, -0.2) is 32.7 Å². The van der Waals surface area contributed by atoms with Crippen molar-refractivity contribution < 1.29 is 0 Å². The Morgan fingerprint density at radius 3 is 2.54 bits per heavy atom. The molecular formula is C29H29Cl2N5S. The lowest BCUT2D eigenvalue weighted by atomic mass is 9.96. The van der Waals surface area contributed by atoms with Crippen LogP contribution in [0.3, 0.4) is 0 Å². The summed E-state index contributed by atoms with van der Waals surface area (Å²) in [5.74, 6) is 0. The van der Waals surface area contributed by atoms with Gasteiger partial charge >= 0.3 is 0 Å². The summed E-state index contributed by atoms with van der Waals surface area (Å²) in [6.45, 7) is 5.88. The molecule has 1 fully saturated rings. The van der Waals surface area contributed by atoms with Crippen molar-refractivity contribution >= 4 is 46.2 Å². The summed E-state index contributed by atoms with van der Waals surface area (Å²) in [5, 5.41) is 8.89. The molecule has 37 heavy (non-hydrogen) atoms. The Labute approximate surface area is 233 Å². The molecule has 3 heterocycles. The minimum absolute atomic E-state index is 0.0166. The third kappa shape index (κ3) is 5.19. The zero-order valence-electron chi connectivity index (χ0n) is 20.8. The maximum Gasteiger partial charge on any atom is 0.170 e. The number of aromatic nitrogens is 2. The number of benzene rings is 2. The Morgan fingerprint density at radius 2 is 1.78 bits per heavy atom. The Balaban J connectivity index is 1.48. The normalized spacial score (nSPS) is 17.2. The number of aryl methyl sites for hydroxylation is 1. The lowest BCUT2D eigenvalue weighted by molar-refractivity contribution is 0.315. The molecule has 8 heteroatoms. The van der Waals surface area contributed by atoms with Gasteiger partial charge in [-0.25, -0.2) is 0 Å². The second-order valence-corrected chi connectivity index (χ2v) is 10.4. The van der Waals surface area contributed by atoms with Gasteiger partial charge in [0.25, 0.3) is 0 Å². The molecule has 5 rings (SSSR count). The molecule has 0 amide bonds. The van der Waals surface area contributed by atoms with E-state index in [1.54, 1.807) is 0 Å². The van der Waals surface area contributed by atoms with Crippen molar-refractivity contribution in [3.63, 3.8) is 0 Å². The van der Waals surface area contributed by atoms with Crippen LogP contribution >= 0.6 is 35.4 Å². The molecule has 2 aromatic carbocycles. The van der Waals surface area contributed by atoms with Crippen LogP contribution in [-0.2, 0) is 0 Å². The summed E-state index contributed by atoms with van der Waals surface area (Å²) >= 11 is 18.9. The molecule has 1 saturated heterocycles. The second-order valence-electron chi connectivity index (χ2n) is 9.20. The molecular weight excluding hydrogens is 521 g/mol. The number of halogens is 2. The molecule has 4 aromatic rings. The Bertz CT molecular complexity index is 1390. The van der Waals surface area contributed by atoms with Crippen LogP contribution in [0.4, 0.5) is 5.69 Å². The summed E-state index contributed by atoms with van der Waals surface area (Å²) in [7, 11) is 0. The fourth-order valence-electron chi connectivity index (χ4n) is 5.15. The van der Waals surface area contributed by atoms with E-state index in [1.807, 2.05) is 54.7 Å². The summed E-state index contributed by atoms with van der Waals surface area (Å²) in [4.78, 5) is 6.98. The first kappa shape index (κ1) is 25.6. The fraction of sp³-hybridized carbons (Fsp3) is 0.241. The number of nitrogens with zero attached hydrogens (tertiary/aromatic N) is 3. The molecule has 0 aliphatic carbocycles. The van der Waals surface area contributed by atoms with Gasteiger partial charge in [-0.2, -0.15) is 0 Å². The topological polar surface area (TPSA) is 45.1 Å². The average molecular weight is 551 g/mol. The van der Waals surface area contributed by atoms with Crippen molar-refractivity contribution in [3.8, 4) is 5.69 Å². The summed E-state index contributed by atoms with van der Waals surface area (Å²) in [6.07, 6.45) is 2.76. The highest BCUT2D eigenvalue weighted by Crippen LogP contribution is 2.42. The lowest BCUT2D eigenvalue weighted by Gasteiger charge is -2.28. The molecule has 2 atom stereocenters. The zero-order chi connectivity index (χ0) is 25.9. The van der Waals surface area contributed by atoms with E-state index < -0.39 is 0 Å². The smallest absolute Gasteiger partial charge is 0.170 e. The summed E-state index contributed by atoms with van der Waals surface area (Å²) in [5.41, 5.74) is 6.33. The molecule has 190 valence electrons. The Kier molecular flexibility index (Phi) is 7.70. The zero-order valence-corrected chi connectivity index (χ0v) is 23.1. The van der Waals surface area contributed by atoms with Gasteiger partial charge < -0.3 is 20.1 Å². The Morgan fingerprint density at radius 1 is 1.00 bits per heavy atom. The van der Waals surface area contributed by atoms with E-state index in [-0.39, 0.29) is 12.1 Å². The number of rotatable bonds is 8. The van der Waals surface area contributed by atoms with Gasteiger partial charge in [-0.1, -0.05) is 53.5 Å². The van der Waals surface area contributed by atoms with E-state index in [0.29, 0.717) is 10.0 Å². The number of hydrogen-bond acceptors (Lipinski definition) is 3. The maximum atomic E-state index is 6.64. The number of hydrogen-bond donors (Lipinski definition) is 2. The monoisotopic (exact) mass is 549 g/mol. The van der Waals surface area contributed by atoms with Crippen molar-refractivity contribution in [2.45, 2.75) is 32.4 Å². The van der Waals surface area contributed by atoms with Gasteiger partial charge in [0.2, 0.25) is 0 Å². The number of pyridine rings is 1. The van der Waals surface area contributed by atoms with E-state index in [0.717, 1.165) is 53.1 Å². The van der Waals surface area contributed by atoms with Crippen LogP contribution in [0.1, 0.15) is 41.1 Å². The lowest BCUT2D eigenvalue weighted by Crippen LogP contribution is -2.31. The van der Waals surface area contributed by atoms with Gasteiger partial charge in [0.15, 0.2) is 5.11 Å². The van der Waals surface area contributed by atoms with Crippen molar-refractivity contribution in [2.75, 3.05) is 18.4 Å². The standard InChI is InChI=1S/C29H29Cl2N5S/c1-19-18-22(20(2)36(19)25-14-8-12-23(30)26(25)31)28-27(24-13-6-7-15-33-24)34-29(37)35(28)17-9-16-32-21-10-4-3-5-11-21/h3-8,10-15,18,27-28,32H,9,16-17H2,1-2H3,(H,34,37). The molecule has 5 nitrogen and oxygen atoms in total. The molecule has 2 unspecified atom stereocenters. The molecule has 0 spiro atoms. The first-order chi connectivity index (χ1) is 18.0. The van der Waals surface area contributed by atoms with E-state index in [1.165, 1.54) is 5.56 Å². The van der Waals surface area contributed by atoms with Crippen molar-refractivity contribution in [1.82, 2.24) is 19.8 Å². The molecule has 0 bridgehead atoms. The van der Waals surface area contributed by atoms with Crippen molar-refractivity contribution in [1.29, 1.82) is 0 Å². The minimum atomic E-state index is -0.0698. The molecule has 2 N–H and O–H groups in total. The molecule has 1 aliphatic heterocycles. The van der Waals surface area contributed by atoms with Gasteiger partial charge in [0.1, 0.15) is 0 Å². The molecule has 0 saturated carbocycles. The number of para-hydroxylation sites is 1. The van der Waals surface area contributed by atoms with Gasteiger partial charge in [-0.3, -0.25) is 4.98 Å². The number of thiocarbonyl (C=S) groups is 1. The van der Waals surface area contributed by atoms with E-state index in [2.05, 4.69) is 63.2 Å². The molecule has 2 aromatic heterocycles. The van der Waals surface area contributed by atoms with E-state index in [9.17, 15) is 0 Å². The van der Waals surface area contributed by atoms with Crippen molar-refractivity contribution in [3.05, 3.63) is 112 Å². The highest BCUT2D eigenvalue weighted by atomic mass is 35.5. The van der Waals surface area contributed by atoms with E-state index in [4.69, 9.17) is 35.4 Å². The van der Waals surface area contributed by atoms with Gasteiger partial charge in [-0.15, -0.1) is 0 Å². The largest absolute Gasteiger partial charge is 0.385 e. The van der Waals surface area contributed by atoms with Crippen LogP contribution in [0, 0.1) is 13.8 Å². The predicted molar refractivity (Wildman–Crippen MR) is 157 cm³/mol. The second kappa shape index (κ2) is 11.1. The van der Waals surface area contributed by atoms with Gasteiger partial charge in [-0.05, 0) is 80.5 Å². The van der Waals surface area contributed by atoms with Crippen LogP contribution in [0.15, 0.2) is 79.0 Å². The van der Waals surface area contributed by atoms with Crippen LogP contribution in [0.5, 0.6) is 0 Å². The Hall–Kier alpha value is -3.06. The quantitative estimate of drug-likeness (QED) is 0.179. The highest BCUT2D eigenvalue weighted by Gasteiger charge is 2.41. The van der Waals surface area contributed by atoms with Gasteiger partial charge in [0.05, 0.1) is 33.5 Å². The molecule has 1 aliphatic rings. The van der Waals surface area contributed by atoms with E-state index >= 15 is 0 Å². The van der Waals surface area contributed by atoms with Crippen LogP contribution < -0.4 is 10.6 Å². The fourth-order valence-corrected chi connectivity index (χ4v) is 5.86. The average Bonchev–Trinajstić information content (AvgIpc) is 3.39. The first-order valence-corrected chi connectivity index (χ1v) is 13.5. The number of nitrogens with one attached hydrogen (secondary N) is 2.